The number of hydrogen-bond acceptors (Lipinski definition) is 20. The van der Waals surface area contributed by atoms with Crippen molar-refractivity contribution < 1.29 is 77.0 Å². The summed E-state index contributed by atoms with van der Waals surface area (Å²) < 4.78 is 0. The molecule has 13 unspecified atom stereocenters. The number of unbranched alkanes of at least 4 members (excludes halogenated alkanes) is 3. The lowest BCUT2D eigenvalue weighted by Crippen LogP contribution is -2.64. The van der Waals surface area contributed by atoms with Crippen LogP contribution in [0.1, 0.15) is 213 Å². The van der Waals surface area contributed by atoms with E-state index in [1.54, 1.807) is 39.5 Å². The summed E-state index contributed by atoms with van der Waals surface area (Å²) in [6.45, 7) is 21.8. The van der Waals surface area contributed by atoms with Crippen molar-refractivity contribution in [1.29, 1.82) is 0 Å². The minimum atomic E-state index is -1.87. The number of urea groups is 1. The van der Waals surface area contributed by atoms with Crippen molar-refractivity contribution in [2.24, 2.45) is 68.1 Å². The predicted molar refractivity (Wildman–Crippen MR) is 433 cm³/mol. The maximum atomic E-state index is 14.9. The number of aliphatic imine (C=N–C) groups is 2. The van der Waals surface area contributed by atoms with E-state index in [9.17, 15) is 77.0 Å². The topological polar surface area (TPSA) is 638 Å². The Labute approximate surface area is 674 Å². The second kappa shape index (κ2) is 50.8. The van der Waals surface area contributed by atoms with Crippen LogP contribution >= 0.6 is 11.8 Å². The highest BCUT2D eigenvalue weighted by Crippen LogP contribution is 2.33. The molecule has 16 amide bonds. The maximum absolute atomic E-state index is 14.9. The summed E-state index contributed by atoms with van der Waals surface area (Å²) >= 11 is 1.78. The van der Waals surface area contributed by atoms with E-state index < -0.39 is 155 Å². The van der Waals surface area contributed by atoms with Crippen LogP contribution in [0, 0.1) is 23.7 Å². The van der Waals surface area contributed by atoms with Crippen LogP contribution in [-0.2, 0) is 67.1 Å². The Morgan fingerprint density at radius 3 is 1.27 bits per heavy atom. The highest BCUT2D eigenvalue weighted by Gasteiger charge is 2.44. The number of carbonyl (C=O) groups excluding carboxylic acids is 15. The van der Waals surface area contributed by atoms with Crippen LogP contribution < -0.4 is 114 Å². The first-order valence-corrected chi connectivity index (χ1v) is 40.7. The minimum Gasteiger partial charge on any atom is -0.394 e. The Balaban J connectivity index is 2.56. The zero-order valence-electron chi connectivity index (χ0n) is 69.1. The first-order valence-electron chi connectivity index (χ1n) is 39.6. The first-order chi connectivity index (χ1) is 53.3. The molecule has 0 aliphatic carbocycles. The van der Waals surface area contributed by atoms with Crippen molar-refractivity contribution in [3.05, 3.63) is 0 Å². The molecule has 0 bridgehead atoms. The number of guanidine groups is 2. The van der Waals surface area contributed by atoms with E-state index in [1.165, 1.54) is 41.5 Å². The molecule has 0 aromatic heterocycles. The third-order valence-corrected chi connectivity index (χ3v) is 20.2. The molecular weight excluding hydrogens is 1500 g/mol. The van der Waals surface area contributed by atoms with Crippen LogP contribution in [-0.4, -0.2) is 233 Å². The second-order valence-electron chi connectivity index (χ2n) is 32.1. The van der Waals surface area contributed by atoms with E-state index in [4.69, 9.17) is 34.4 Å². The van der Waals surface area contributed by atoms with Gasteiger partial charge in [0.05, 0.1) is 18.7 Å². The molecule has 2 fully saturated rings. The number of carbonyl (C=O) groups is 15. The monoisotopic (exact) mass is 1630 g/mol. The van der Waals surface area contributed by atoms with Crippen molar-refractivity contribution in [2.45, 2.75) is 301 Å². The minimum absolute atomic E-state index is 0.00173. The number of rotatable bonds is 55. The third-order valence-electron chi connectivity index (χ3n) is 18.7. The van der Waals surface area contributed by atoms with Crippen LogP contribution in [0.4, 0.5) is 4.79 Å². The normalized spacial score (nSPS) is 17.2. The van der Waals surface area contributed by atoms with Crippen LogP contribution in [0.25, 0.3) is 0 Å². The number of thioether (sulfide) groups is 1. The second-order valence-corrected chi connectivity index (χ2v) is 33.4. The maximum Gasteiger partial charge on any atom is 0.315 e. The molecular formula is C74H135N23O16S. The van der Waals surface area contributed by atoms with Crippen molar-refractivity contribution in [3.8, 4) is 0 Å². The number of fused-ring (bicyclic) bond motifs is 1. The fraction of sp³-hybridized carbons (Fsp3) is 0.770. The lowest BCUT2D eigenvalue weighted by molar-refractivity contribution is -0.138. The van der Waals surface area contributed by atoms with E-state index in [0.717, 1.165) is 18.6 Å². The van der Waals surface area contributed by atoms with Gasteiger partial charge in [0, 0.05) is 44.0 Å². The summed E-state index contributed by atoms with van der Waals surface area (Å²) in [7, 11) is 0. The molecule has 28 N–H and O–H groups in total. The van der Waals surface area contributed by atoms with Gasteiger partial charge in [-0.3, -0.25) is 77.1 Å². The van der Waals surface area contributed by atoms with Gasteiger partial charge in [-0.15, -0.1) is 0 Å². The van der Waals surface area contributed by atoms with Gasteiger partial charge < -0.3 is 119 Å². The van der Waals surface area contributed by atoms with Crippen LogP contribution in [0.3, 0.4) is 0 Å². The average molecular weight is 1640 g/mol. The molecule has 2 saturated heterocycles. The lowest BCUT2D eigenvalue weighted by Gasteiger charge is -2.32. The molecule has 2 rings (SSSR count). The van der Waals surface area contributed by atoms with Crippen molar-refractivity contribution in [1.82, 2.24) is 79.8 Å². The molecule has 2 aliphatic heterocycles. The van der Waals surface area contributed by atoms with Gasteiger partial charge in [0.15, 0.2) is 11.9 Å². The number of nitrogens with two attached hydrogens (primary N) is 6. The van der Waals surface area contributed by atoms with E-state index in [1.807, 2.05) is 27.7 Å². The fourth-order valence-corrected chi connectivity index (χ4v) is 14.1. The van der Waals surface area contributed by atoms with Gasteiger partial charge in [-0.2, -0.15) is 11.8 Å². The first kappa shape index (κ1) is 101. The Morgan fingerprint density at radius 1 is 0.465 bits per heavy atom. The molecule has 13 atom stereocenters. The highest BCUT2D eigenvalue weighted by atomic mass is 32.2. The molecule has 0 aromatic rings. The summed E-state index contributed by atoms with van der Waals surface area (Å²) in [5.41, 5.74) is 30.3. The molecule has 40 heteroatoms. The summed E-state index contributed by atoms with van der Waals surface area (Å²) in [6, 6.07) is -13.3. The number of amides is 16. The lowest BCUT2D eigenvalue weighted by atomic mass is 9.98. The SMILES string of the molecule is CC(=O)NC(C)C(=O)NC(CO)C(=O)NC(C)(C)C(=O)NC(CC(C)C)C(=O)NC(CCCN=C(N)N)C(=O)NC(CCCCN)C(=O)NC(CC(C)C)C(=O)NC(C)(C)C(=O)NC(CCCCNC(=O)CCCCC1SCC2NC(=O)NC21)C(=O)NC(CCCN=C(N)N)C(=O)NC(CC(C)C)C(=O)NC(CC(C)C)C(N)=O. The highest BCUT2D eigenvalue weighted by molar-refractivity contribution is 8.00. The van der Waals surface area contributed by atoms with Gasteiger partial charge in [0.25, 0.3) is 0 Å². The molecule has 0 saturated carbocycles. The van der Waals surface area contributed by atoms with Gasteiger partial charge in [-0.1, -0.05) is 61.8 Å². The Kier molecular flexibility index (Phi) is 44.9. The van der Waals surface area contributed by atoms with Crippen LogP contribution in [0.15, 0.2) is 9.98 Å². The quantitative estimate of drug-likeness (QED) is 0.0122. The number of primary amides is 1. The summed E-state index contributed by atoms with van der Waals surface area (Å²) in [5.74, 6) is -11.2. The summed E-state index contributed by atoms with van der Waals surface area (Å²) in [5, 5.41) is 50.7. The standard InChI is InChI=1S/C74H135N23O16S/c1-39(2)33-49(58(76)101)88-64(107)50(34-40(3)4)89-62(105)47(26-22-32-83-71(79)80)86-63(106)48(24-18-20-30-81-56(100)28-16-15-27-55-57-54(38-114-55)94-72(113)95-57)92-68(111)73(11,12)96-66(109)52(36-42(7)8)90-61(104)45(23-17-19-29-75)85-60(103)46(25-21-31-82-70(77)78)87-65(108)51(35-41(5)6)93-69(112)74(13,14)97-67(110)53(37-98)91-59(102)43(9)84-44(10)99/h39-43,45-55,57,98H,15-38,75H2,1-14H3,(H2,76,101)(H,81,100)(H,84,99)(H,85,103)(H,86,106)(H,87,108)(H,88,107)(H,89,105)(H,90,104)(H,91,102)(H,92,111)(H,93,112)(H,96,109)(H,97,110)(H4,77,78,82)(H4,79,80,83)(H2,94,95,113). The van der Waals surface area contributed by atoms with Gasteiger partial charge in [0.2, 0.25) is 82.7 Å². The molecule has 2 heterocycles. The molecule has 0 aromatic carbocycles. The fourth-order valence-electron chi connectivity index (χ4n) is 12.5. The molecule has 0 radical (unpaired) electrons. The zero-order valence-corrected chi connectivity index (χ0v) is 69.9. The largest absolute Gasteiger partial charge is 0.394 e. The van der Waals surface area contributed by atoms with E-state index >= 15 is 0 Å². The predicted octanol–water partition coefficient (Wildman–Crippen LogP) is -3.43. The van der Waals surface area contributed by atoms with Gasteiger partial charge in [0.1, 0.15) is 71.5 Å². The van der Waals surface area contributed by atoms with Gasteiger partial charge in [-0.05, 0) is 168 Å². The number of nitrogens with zero attached hydrogens (tertiary/aromatic N) is 2. The van der Waals surface area contributed by atoms with Crippen LogP contribution in [0.2, 0.25) is 0 Å². The summed E-state index contributed by atoms with van der Waals surface area (Å²) in [6.07, 6.45) is 3.88. The Hall–Kier alpha value is -9.34. The van der Waals surface area contributed by atoms with Gasteiger partial charge >= 0.3 is 6.03 Å². The molecule has 39 nitrogen and oxygen atoms in total. The molecule has 648 valence electrons. The van der Waals surface area contributed by atoms with Crippen molar-refractivity contribution >= 4 is 112 Å². The van der Waals surface area contributed by atoms with Crippen molar-refractivity contribution in [3.63, 3.8) is 0 Å². The summed E-state index contributed by atoms with van der Waals surface area (Å²) in [4.78, 5) is 214. The third kappa shape index (κ3) is 38.7. The van der Waals surface area contributed by atoms with Crippen LogP contribution in [0.5, 0.6) is 0 Å². The number of hydrogen-bond donors (Lipinski definition) is 22. The number of aliphatic hydroxyl groups is 1. The van der Waals surface area contributed by atoms with Gasteiger partial charge in [-0.25, -0.2) is 4.79 Å². The number of nitrogens with one attached hydrogen (secondary N) is 15. The average Bonchev–Trinajstić information content (AvgIpc) is 1.67. The molecule has 2 aliphatic rings. The Morgan fingerprint density at radius 2 is 0.842 bits per heavy atom. The molecule has 0 spiro atoms. The number of aliphatic hydroxyl groups excluding tert-OH is 1. The van der Waals surface area contributed by atoms with E-state index in [-0.39, 0.29) is 175 Å². The Bertz CT molecular complexity index is 3280. The molecule has 114 heavy (non-hydrogen) atoms. The van der Waals surface area contributed by atoms with E-state index in [2.05, 4.69) is 89.7 Å². The zero-order chi connectivity index (χ0) is 86.3. The smallest absolute Gasteiger partial charge is 0.315 e. The van der Waals surface area contributed by atoms with Crippen molar-refractivity contribution in [2.75, 3.05) is 38.5 Å². The van der Waals surface area contributed by atoms with E-state index in [0.29, 0.717) is 19.3 Å².